The van der Waals surface area contributed by atoms with Gasteiger partial charge in [-0.25, -0.2) is 4.90 Å². The summed E-state index contributed by atoms with van der Waals surface area (Å²) in [5.41, 5.74) is 1.70. The fourth-order valence-electron chi connectivity index (χ4n) is 4.00. The number of methoxy groups -OCH3 is 2. The number of anilines is 2. The first kappa shape index (κ1) is 19.3. The lowest BCUT2D eigenvalue weighted by Gasteiger charge is -2.38. The third-order valence-corrected chi connectivity index (χ3v) is 5.63. The molecule has 152 valence electrons. The lowest BCUT2D eigenvalue weighted by atomic mass is 10.1. The van der Waals surface area contributed by atoms with Gasteiger partial charge in [0.25, 0.3) is 5.91 Å². The van der Waals surface area contributed by atoms with Gasteiger partial charge in [0.1, 0.15) is 11.5 Å². The van der Waals surface area contributed by atoms with Crippen molar-refractivity contribution in [3.8, 4) is 11.5 Å². The first-order chi connectivity index (χ1) is 14.1. The molecule has 2 fully saturated rings. The van der Waals surface area contributed by atoms with Crippen molar-refractivity contribution in [3.63, 3.8) is 0 Å². The number of carbonyl (C=O) groups excluding carboxylic acids is 2. The summed E-state index contributed by atoms with van der Waals surface area (Å²) in [6, 6.07) is 14.6. The number of ether oxygens (including phenoxy) is 2. The Morgan fingerprint density at radius 2 is 1.52 bits per heavy atom. The number of benzene rings is 2. The van der Waals surface area contributed by atoms with Crippen LogP contribution < -0.4 is 19.3 Å². The smallest absolute Gasteiger partial charge is 0.251 e. The average molecular weight is 395 g/mol. The Kier molecular flexibility index (Phi) is 5.40. The molecule has 2 aliphatic heterocycles. The summed E-state index contributed by atoms with van der Waals surface area (Å²) in [5.74, 6) is 1.23. The van der Waals surface area contributed by atoms with Crippen LogP contribution in [0.2, 0.25) is 0 Å². The van der Waals surface area contributed by atoms with E-state index in [0.29, 0.717) is 11.4 Å². The van der Waals surface area contributed by atoms with Crippen LogP contribution >= 0.6 is 0 Å². The predicted molar refractivity (Wildman–Crippen MR) is 111 cm³/mol. The van der Waals surface area contributed by atoms with Crippen molar-refractivity contribution in [1.29, 1.82) is 0 Å². The van der Waals surface area contributed by atoms with E-state index < -0.39 is 6.04 Å². The Morgan fingerprint density at radius 3 is 2.17 bits per heavy atom. The summed E-state index contributed by atoms with van der Waals surface area (Å²) >= 11 is 0. The molecule has 2 amide bonds. The molecule has 0 saturated carbocycles. The molecule has 2 aromatic rings. The largest absolute Gasteiger partial charge is 0.497 e. The zero-order chi connectivity index (χ0) is 20.4. The van der Waals surface area contributed by atoms with E-state index in [1.807, 2.05) is 18.2 Å². The van der Waals surface area contributed by atoms with E-state index in [0.717, 1.165) is 37.6 Å². The Labute approximate surface area is 170 Å². The number of piperazine rings is 1. The van der Waals surface area contributed by atoms with Gasteiger partial charge < -0.3 is 14.4 Å². The first-order valence-corrected chi connectivity index (χ1v) is 9.74. The molecule has 0 bridgehead atoms. The van der Waals surface area contributed by atoms with Crippen LogP contribution in [0.5, 0.6) is 11.5 Å². The van der Waals surface area contributed by atoms with E-state index in [4.69, 9.17) is 9.47 Å². The van der Waals surface area contributed by atoms with Gasteiger partial charge in [-0.05, 0) is 36.4 Å². The van der Waals surface area contributed by atoms with Gasteiger partial charge in [0.15, 0.2) is 0 Å². The minimum absolute atomic E-state index is 0.144. The summed E-state index contributed by atoms with van der Waals surface area (Å²) in [6.07, 6.45) is 0.226. The minimum Gasteiger partial charge on any atom is -0.497 e. The highest BCUT2D eigenvalue weighted by Gasteiger charge is 2.43. The Morgan fingerprint density at radius 1 is 0.828 bits per heavy atom. The minimum atomic E-state index is -0.392. The summed E-state index contributed by atoms with van der Waals surface area (Å²) < 4.78 is 10.5. The molecule has 0 unspecified atom stereocenters. The number of hydrogen-bond acceptors (Lipinski definition) is 6. The number of hydrogen-bond donors (Lipinski definition) is 0. The highest BCUT2D eigenvalue weighted by Crippen LogP contribution is 2.29. The van der Waals surface area contributed by atoms with Gasteiger partial charge in [0.05, 0.1) is 32.4 Å². The monoisotopic (exact) mass is 395 g/mol. The maximum absolute atomic E-state index is 13.0. The molecule has 0 spiro atoms. The second-order valence-corrected chi connectivity index (χ2v) is 7.21. The van der Waals surface area contributed by atoms with Crippen LogP contribution in [0.3, 0.4) is 0 Å². The summed E-state index contributed by atoms with van der Waals surface area (Å²) in [6.45, 7) is 3.07. The van der Waals surface area contributed by atoms with Gasteiger partial charge in [0, 0.05) is 37.9 Å². The van der Waals surface area contributed by atoms with Gasteiger partial charge >= 0.3 is 0 Å². The van der Waals surface area contributed by atoms with Gasteiger partial charge in [-0.1, -0.05) is 6.07 Å². The van der Waals surface area contributed by atoms with E-state index in [2.05, 4.69) is 15.9 Å². The second kappa shape index (κ2) is 8.13. The summed E-state index contributed by atoms with van der Waals surface area (Å²) in [4.78, 5) is 31.3. The highest BCUT2D eigenvalue weighted by molar-refractivity contribution is 6.22. The molecule has 7 nitrogen and oxygen atoms in total. The molecule has 0 radical (unpaired) electrons. The summed E-state index contributed by atoms with van der Waals surface area (Å²) in [7, 11) is 3.25. The molecular formula is C22H25N3O4. The lowest BCUT2D eigenvalue weighted by molar-refractivity contribution is -0.123. The van der Waals surface area contributed by atoms with E-state index in [9.17, 15) is 9.59 Å². The van der Waals surface area contributed by atoms with E-state index in [1.165, 1.54) is 4.90 Å². The van der Waals surface area contributed by atoms with Crippen LogP contribution in [0, 0.1) is 0 Å². The van der Waals surface area contributed by atoms with Gasteiger partial charge in [-0.15, -0.1) is 0 Å². The molecule has 2 heterocycles. The van der Waals surface area contributed by atoms with Crippen molar-refractivity contribution >= 4 is 23.2 Å². The Bertz CT molecular complexity index is 891. The molecular weight excluding hydrogens is 370 g/mol. The SMILES string of the molecule is COc1ccc(N2C(=O)C[C@H](N3CCN(c4cccc(OC)c4)CC3)C2=O)cc1. The fraction of sp³-hybridized carbons (Fsp3) is 0.364. The number of imide groups is 1. The van der Waals surface area contributed by atoms with Crippen LogP contribution in [-0.2, 0) is 9.59 Å². The molecule has 0 aliphatic carbocycles. The quantitative estimate of drug-likeness (QED) is 0.723. The topological polar surface area (TPSA) is 62.3 Å². The highest BCUT2D eigenvalue weighted by atomic mass is 16.5. The third-order valence-electron chi connectivity index (χ3n) is 5.63. The zero-order valence-electron chi connectivity index (χ0n) is 16.7. The Balaban J connectivity index is 1.42. The van der Waals surface area contributed by atoms with Crippen LogP contribution in [0.15, 0.2) is 48.5 Å². The summed E-state index contributed by atoms with van der Waals surface area (Å²) in [5, 5.41) is 0. The fourth-order valence-corrected chi connectivity index (χ4v) is 4.00. The molecule has 7 heteroatoms. The van der Waals surface area contributed by atoms with Crippen LogP contribution in [0.4, 0.5) is 11.4 Å². The molecule has 2 aliphatic rings. The third kappa shape index (κ3) is 3.78. The molecule has 29 heavy (non-hydrogen) atoms. The van der Waals surface area contributed by atoms with E-state index in [1.54, 1.807) is 38.5 Å². The molecule has 2 saturated heterocycles. The number of carbonyl (C=O) groups is 2. The molecule has 1 atom stereocenters. The van der Waals surface area contributed by atoms with Crippen molar-refractivity contribution in [1.82, 2.24) is 4.90 Å². The second-order valence-electron chi connectivity index (χ2n) is 7.21. The normalized spacial score (nSPS) is 20.3. The van der Waals surface area contributed by atoms with Gasteiger partial charge in [0.2, 0.25) is 5.91 Å². The Hall–Kier alpha value is -3.06. The van der Waals surface area contributed by atoms with Gasteiger partial charge in [-0.2, -0.15) is 0 Å². The van der Waals surface area contributed by atoms with Crippen LogP contribution in [0.25, 0.3) is 0 Å². The predicted octanol–water partition coefficient (Wildman–Crippen LogP) is 2.16. The van der Waals surface area contributed by atoms with Crippen LogP contribution in [0.1, 0.15) is 6.42 Å². The van der Waals surface area contributed by atoms with Crippen LogP contribution in [-0.4, -0.2) is 63.2 Å². The van der Waals surface area contributed by atoms with E-state index in [-0.39, 0.29) is 18.2 Å². The maximum atomic E-state index is 13.0. The van der Waals surface area contributed by atoms with E-state index >= 15 is 0 Å². The lowest BCUT2D eigenvalue weighted by Crippen LogP contribution is -2.52. The molecule has 0 aromatic heterocycles. The maximum Gasteiger partial charge on any atom is 0.251 e. The van der Waals surface area contributed by atoms with Crippen molar-refractivity contribution in [2.45, 2.75) is 12.5 Å². The number of nitrogens with zero attached hydrogens (tertiary/aromatic N) is 3. The average Bonchev–Trinajstić information content (AvgIpc) is 3.08. The molecule has 4 rings (SSSR count). The van der Waals surface area contributed by atoms with Crippen molar-refractivity contribution in [2.24, 2.45) is 0 Å². The number of rotatable bonds is 5. The standard InChI is InChI=1S/C22H25N3O4/c1-28-18-8-6-16(7-9-18)25-21(26)15-20(22(25)27)24-12-10-23(11-13-24)17-4-3-5-19(14-17)29-2/h3-9,14,20H,10-13,15H2,1-2H3/t20-/m0/s1. The van der Waals surface area contributed by atoms with Gasteiger partial charge in [-0.3, -0.25) is 14.5 Å². The first-order valence-electron chi connectivity index (χ1n) is 9.74. The molecule has 2 aromatic carbocycles. The van der Waals surface area contributed by atoms with Crippen molar-refractivity contribution in [3.05, 3.63) is 48.5 Å². The van der Waals surface area contributed by atoms with Crippen molar-refractivity contribution in [2.75, 3.05) is 50.2 Å². The van der Waals surface area contributed by atoms with Crippen molar-refractivity contribution < 1.29 is 19.1 Å². The zero-order valence-corrected chi connectivity index (χ0v) is 16.7. The molecule has 0 N–H and O–H groups in total. The number of amides is 2.